The van der Waals surface area contributed by atoms with Gasteiger partial charge in [-0.05, 0) is 19.4 Å². The standard InChI is InChI=1S/C17H19ClN4O2/c1-10-20-21-15-6-5-11(9-22(10)15)17(23)19-14-7-8-24-16-12(14)3-2-4-13(16)18/h2-4,11,14H,5-9H2,1H3,(H,19,23)/t11-,14-/m1/s1. The highest BCUT2D eigenvalue weighted by Crippen LogP contribution is 2.37. The van der Waals surface area contributed by atoms with Crippen molar-refractivity contribution in [3.8, 4) is 5.75 Å². The Kier molecular flexibility index (Phi) is 3.92. The highest BCUT2D eigenvalue weighted by atomic mass is 35.5. The summed E-state index contributed by atoms with van der Waals surface area (Å²) in [5.74, 6) is 2.55. The summed E-state index contributed by atoms with van der Waals surface area (Å²) in [6, 6.07) is 5.61. The first-order chi connectivity index (χ1) is 11.6. The van der Waals surface area contributed by atoms with Crippen molar-refractivity contribution >= 4 is 17.5 Å². The third kappa shape index (κ3) is 2.65. The second kappa shape index (κ2) is 6.09. The maximum absolute atomic E-state index is 12.8. The molecule has 0 fully saturated rings. The zero-order chi connectivity index (χ0) is 16.7. The van der Waals surface area contributed by atoms with Gasteiger partial charge in [0.05, 0.1) is 23.6 Å². The molecule has 126 valence electrons. The predicted molar refractivity (Wildman–Crippen MR) is 89.0 cm³/mol. The van der Waals surface area contributed by atoms with E-state index in [9.17, 15) is 4.79 Å². The summed E-state index contributed by atoms with van der Waals surface area (Å²) < 4.78 is 7.70. The molecule has 7 heteroatoms. The minimum absolute atomic E-state index is 0.0524. The number of carbonyl (C=O) groups excluding carboxylic acids is 1. The van der Waals surface area contributed by atoms with E-state index in [-0.39, 0.29) is 17.9 Å². The van der Waals surface area contributed by atoms with E-state index < -0.39 is 0 Å². The maximum atomic E-state index is 12.8. The minimum Gasteiger partial charge on any atom is -0.492 e. The summed E-state index contributed by atoms with van der Waals surface area (Å²) in [7, 11) is 0. The van der Waals surface area contributed by atoms with Crippen molar-refractivity contribution < 1.29 is 9.53 Å². The summed E-state index contributed by atoms with van der Waals surface area (Å²) in [4.78, 5) is 12.8. The van der Waals surface area contributed by atoms with Crippen LogP contribution >= 0.6 is 11.6 Å². The lowest BCUT2D eigenvalue weighted by Crippen LogP contribution is -2.39. The lowest BCUT2D eigenvalue weighted by atomic mass is 9.95. The Balaban J connectivity index is 1.50. The molecule has 1 aromatic heterocycles. The number of nitrogens with one attached hydrogen (secondary N) is 1. The first-order valence-corrected chi connectivity index (χ1v) is 8.61. The highest BCUT2D eigenvalue weighted by molar-refractivity contribution is 6.32. The molecule has 0 bridgehead atoms. The second-order valence-corrected chi connectivity index (χ2v) is 6.77. The van der Waals surface area contributed by atoms with Crippen molar-refractivity contribution in [3.63, 3.8) is 0 Å². The molecule has 0 radical (unpaired) electrons. The van der Waals surface area contributed by atoms with Crippen LogP contribution in [0.2, 0.25) is 5.02 Å². The molecule has 2 aliphatic heterocycles. The van der Waals surface area contributed by atoms with Crippen LogP contribution in [-0.2, 0) is 17.8 Å². The minimum atomic E-state index is -0.0577. The van der Waals surface area contributed by atoms with Crippen LogP contribution in [0.15, 0.2) is 18.2 Å². The van der Waals surface area contributed by atoms with Gasteiger partial charge in [0, 0.05) is 24.9 Å². The molecule has 0 aliphatic carbocycles. The van der Waals surface area contributed by atoms with Gasteiger partial charge in [-0.25, -0.2) is 0 Å². The molecular formula is C17H19ClN4O2. The molecule has 24 heavy (non-hydrogen) atoms. The molecule has 1 aromatic carbocycles. The van der Waals surface area contributed by atoms with E-state index in [1.165, 1.54) is 0 Å². The van der Waals surface area contributed by atoms with E-state index in [1.807, 2.05) is 29.7 Å². The summed E-state index contributed by atoms with van der Waals surface area (Å²) in [6.07, 6.45) is 2.34. The first kappa shape index (κ1) is 15.4. The number of nitrogens with zero attached hydrogens (tertiary/aromatic N) is 3. The fourth-order valence-electron chi connectivity index (χ4n) is 3.50. The number of carbonyl (C=O) groups is 1. The molecule has 3 heterocycles. The summed E-state index contributed by atoms with van der Waals surface area (Å²) in [6.45, 7) is 3.13. The number of hydrogen-bond donors (Lipinski definition) is 1. The normalized spacial score (nSPS) is 22.2. The lowest BCUT2D eigenvalue weighted by Gasteiger charge is -2.30. The molecule has 0 spiro atoms. The molecule has 1 N–H and O–H groups in total. The smallest absolute Gasteiger partial charge is 0.225 e. The Morgan fingerprint density at radius 1 is 1.38 bits per heavy atom. The zero-order valence-corrected chi connectivity index (χ0v) is 14.2. The number of rotatable bonds is 2. The number of benzene rings is 1. The third-order valence-electron chi connectivity index (χ3n) is 4.84. The van der Waals surface area contributed by atoms with Gasteiger partial charge in [-0.15, -0.1) is 10.2 Å². The van der Waals surface area contributed by atoms with E-state index >= 15 is 0 Å². The van der Waals surface area contributed by atoms with E-state index in [4.69, 9.17) is 16.3 Å². The highest BCUT2D eigenvalue weighted by Gasteiger charge is 2.30. The van der Waals surface area contributed by atoms with Gasteiger partial charge in [0.15, 0.2) is 0 Å². The van der Waals surface area contributed by atoms with E-state index in [1.54, 1.807) is 0 Å². The van der Waals surface area contributed by atoms with Crippen molar-refractivity contribution in [1.29, 1.82) is 0 Å². The van der Waals surface area contributed by atoms with Crippen LogP contribution in [0.3, 0.4) is 0 Å². The molecule has 2 aromatic rings. The average Bonchev–Trinajstić information content (AvgIpc) is 2.96. The monoisotopic (exact) mass is 346 g/mol. The Morgan fingerprint density at radius 3 is 3.12 bits per heavy atom. The SMILES string of the molecule is Cc1nnc2n1C[C@H](C(=O)N[C@@H]1CCOc3c(Cl)cccc31)CC2. The fourth-order valence-corrected chi connectivity index (χ4v) is 3.74. The molecular weight excluding hydrogens is 328 g/mol. The van der Waals surface area contributed by atoms with Crippen LogP contribution in [0.4, 0.5) is 0 Å². The van der Waals surface area contributed by atoms with Crippen LogP contribution in [0.5, 0.6) is 5.75 Å². The van der Waals surface area contributed by atoms with Gasteiger partial charge in [-0.3, -0.25) is 4.79 Å². The van der Waals surface area contributed by atoms with Crippen molar-refractivity contribution in [3.05, 3.63) is 40.4 Å². The van der Waals surface area contributed by atoms with Crippen molar-refractivity contribution in [2.75, 3.05) is 6.61 Å². The average molecular weight is 347 g/mol. The van der Waals surface area contributed by atoms with Gasteiger partial charge in [0.2, 0.25) is 5.91 Å². The van der Waals surface area contributed by atoms with Gasteiger partial charge in [0.1, 0.15) is 17.4 Å². The molecule has 1 amide bonds. The molecule has 2 aliphatic rings. The summed E-state index contributed by atoms with van der Waals surface area (Å²) in [5, 5.41) is 12.0. The Labute approximate surface area is 145 Å². The van der Waals surface area contributed by atoms with Crippen LogP contribution < -0.4 is 10.1 Å². The van der Waals surface area contributed by atoms with Gasteiger partial charge >= 0.3 is 0 Å². The van der Waals surface area contributed by atoms with E-state index in [0.717, 1.165) is 36.5 Å². The lowest BCUT2D eigenvalue weighted by molar-refractivity contribution is -0.126. The quantitative estimate of drug-likeness (QED) is 0.906. The largest absolute Gasteiger partial charge is 0.492 e. The number of halogens is 1. The Morgan fingerprint density at radius 2 is 2.25 bits per heavy atom. The molecule has 0 saturated carbocycles. The summed E-state index contributed by atoms with van der Waals surface area (Å²) >= 11 is 6.20. The Bertz CT molecular complexity index is 789. The van der Waals surface area contributed by atoms with E-state index in [0.29, 0.717) is 23.9 Å². The van der Waals surface area contributed by atoms with Crippen LogP contribution in [0.25, 0.3) is 0 Å². The Hall–Kier alpha value is -2.08. The van der Waals surface area contributed by atoms with Crippen molar-refractivity contribution in [2.24, 2.45) is 5.92 Å². The summed E-state index contributed by atoms with van der Waals surface area (Å²) in [5.41, 5.74) is 0.957. The van der Waals surface area contributed by atoms with Crippen LogP contribution in [-0.4, -0.2) is 27.3 Å². The maximum Gasteiger partial charge on any atom is 0.225 e. The van der Waals surface area contributed by atoms with Gasteiger partial charge < -0.3 is 14.6 Å². The van der Waals surface area contributed by atoms with Gasteiger partial charge in [0.25, 0.3) is 0 Å². The van der Waals surface area contributed by atoms with Crippen molar-refractivity contribution in [2.45, 2.75) is 38.8 Å². The topological polar surface area (TPSA) is 69.0 Å². The molecule has 2 atom stereocenters. The van der Waals surface area contributed by atoms with Crippen LogP contribution in [0.1, 0.15) is 36.1 Å². The second-order valence-electron chi connectivity index (χ2n) is 6.37. The van der Waals surface area contributed by atoms with E-state index in [2.05, 4.69) is 15.5 Å². The molecule has 4 rings (SSSR count). The van der Waals surface area contributed by atoms with Crippen molar-refractivity contribution in [1.82, 2.24) is 20.1 Å². The molecule has 6 nitrogen and oxygen atoms in total. The van der Waals surface area contributed by atoms with Gasteiger partial charge in [-0.2, -0.15) is 0 Å². The zero-order valence-electron chi connectivity index (χ0n) is 13.5. The third-order valence-corrected chi connectivity index (χ3v) is 5.14. The van der Waals surface area contributed by atoms with Gasteiger partial charge in [-0.1, -0.05) is 23.7 Å². The number of ether oxygens (including phenoxy) is 1. The number of hydrogen-bond acceptors (Lipinski definition) is 4. The fraction of sp³-hybridized carbons (Fsp3) is 0.471. The number of amides is 1. The molecule has 0 saturated heterocycles. The predicted octanol–water partition coefficient (Wildman–Crippen LogP) is 2.44. The number of para-hydroxylation sites is 1. The number of aromatic nitrogens is 3. The number of fused-ring (bicyclic) bond motifs is 2. The number of aryl methyl sites for hydroxylation is 2. The first-order valence-electron chi connectivity index (χ1n) is 8.23. The van der Waals surface area contributed by atoms with Crippen LogP contribution in [0, 0.1) is 12.8 Å². The molecule has 0 unspecified atom stereocenters.